The fourth-order valence-electron chi connectivity index (χ4n) is 3.97. The van der Waals surface area contributed by atoms with Crippen molar-refractivity contribution in [1.82, 2.24) is 24.6 Å². The number of nitrogens with one attached hydrogen (secondary N) is 1. The molecule has 3 aromatic rings. The topological polar surface area (TPSA) is 80.4 Å². The molecule has 0 saturated heterocycles. The van der Waals surface area contributed by atoms with Gasteiger partial charge < -0.3 is 5.32 Å². The van der Waals surface area contributed by atoms with Gasteiger partial charge in [0.05, 0.1) is 12.4 Å². The first-order valence-electron chi connectivity index (χ1n) is 9.95. The van der Waals surface area contributed by atoms with Crippen LogP contribution in [0.4, 0.5) is 10.3 Å². The van der Waals surface area contributed by atoms with E-state index in [0.717, 1.165) is 36.9 Å². The molecule has 1 N–H and O–H groups in total. The van der Waals surface area contributed by atoms with Gasteiger partial charge in [-0.25, -0.2) is 9.37 Å². The van der Waals surface area contributed by atoms with E-state index in [0.29, 0.717) is 17.3 Å². The van der Waals surface area contributed by atoms with Crippen LogP contribution in [0, 0.1) is 5.82 Å². The highest BCUT2D eigenvalue weighted by molar-refractivity contribution is 5.68. The van der Waals surface area contributed by atoms with Gasteiger partial charge in [-0.15, -0.1) is 0 Å². The molecule has 8 heteroatoms. The lowest BCUT2D eigenvalue weighted by Crippen LogP contribution is -2.25. The average molecular weight is 391 g/mol. The van der Waals surface area contributed by atoms with Crippen LogP contribution in [0.3, 0.4) is 0 Å². The second kappa shape index (κ2) is 7.02. The number of hydrogen-bond acceptors (Lipinski definition) is 6. The molecule has 4 heterocycles. The van der Waals surface area contributed by atoms with Crippen molar-refractivity contribution in [2.45, 2.75) is 51.5 Å². The molecule has 0 fully saturated rings. The van der Waals surface area contributed by atoms with Gasteiger partial charge >= 0.3 is 0 Å². The van der Waals surface area contributed by atoms with E-state index in [9.17, 15) is 4.39 Å². The summed E-state index contributed by atoms with van der Waals surface area (Å²) >= 11 is 0. The van der Waals surface area contributed by atoms with Crippen LogP contribution in [0.15, 0.2) is 40.9 Å². The van der Waals surface area contributed by atoms with Gasteiger partial charge in [0, 0.05) is 48.1 Å². The Morgan fingerprint density at radius 2 is 2.10 bits per heavy atom. The number of hydrogen-bond donors (Lipinski definition) is 1. The van der Waals surface area contributed by atoms with Crippen LogP contribution < -0.4 is 5.32 Å². The summed E-state index contributed by atoms with van der Waals surface area (Å²) in [6, 6.07) is 1.62. The number of halogens is 1. The van der Waals surface area contributed by atoms with Crippen molar-refractivity contribution in [1.29, 1.82) is 0 Å². The molecule has 5 rings (SSSR count). The zero-order chi connectivity index (χ0) is 20.0. The van der Waals surface area contributed by atoms with Gasteiger partial charge in [-0.3, -0.25) is 9.98 Å². The van der Waals surface area contributed by atoms with E-state index in [1.54, 1.807) is 10.7 Å². The molecule has 2 aliphatic rings. The largest absolute Gasteiger partial charge is 0.351 e. The van der Waals surface area contributed by atoms with E-state index in [1.807, 2.05) is 12.4 Å². The number of aliphatic imine (C=N–C) groups is 1. The molecular weight excluding hydrogens is 369 g/mol. The molecule has 148 valence electrons. The van der Waals surface area contributed by atoms with Crippen molar-refractivity contribution in [2.24, 2.45) is 4.99 Å². The highest BCUT2D eigenvalue weighted by Gasteiger charge is 2.25. The summed E-state index contributed by atoms with van der Waals surface area (Å²) in [5.74, 6) is 0.883. The Morgan fingerprint density at radius 1 is 1.21 bits per heavy atom. The summed E-state index contributed by atoms with van der Waals surface area (Å²) in [6.45, 7) is 4.20. The molecule has 0 spiro atoms. The highest BCUT2D eigenvalue weighted by Crippen LogP contribution is 2.33. The zero-order valence-corrected chi connectivity index (χ0v) is 16.4. The van der Waals surface area contributed by atoms with Crippen LogP contribution in [-0.2, 0) is 0 Å². The maximum Gasteiger partial charge on any atom is 0.228 e. The van der Waals surface area contributed by atoms with Crippen molar-refractivity contribution in [3.8, 4) is 11.4 Å². The Balaban J connectivity index is 1.57. The van der Waals surface area contributed by atoms with Crippen LogP contribution >= 0.6 is 0 Å². The first-order valence-corrected chi connectivity index (χ1v) is 9.95. The summed E-state index contributed by atoms with van der Waals surface area (Å²) in [7, 11) is 0. The lowest BCUT2D eigenvalue weighted by molar-refractivity contribution is 0.593. The van der Waals surface area contributed by atoms with Crippen molar-refractivity contribution < 1.29 is 4.39 Å². The Kier molecular flexibility index (Phi) is 4.34. The standard InChI is InChI=1S/C21H22FN7/c1-12(2)17-11-25-29-20(17)27-19(14-7-15(22)10-23-9-14)28-21(29)26-16-4-3-13-5-6-24-18(13)8-16/h6-7,9-12,16H,3-5,8H2,1-2H3,(H,26,27,28)/t16-/m1/s1. The average Bonchev–Trinajstić information content (AvgIpc) is 3.34. The molecule has 1 atom stereocenters. The molecule has 0 radical (unpaired) electrons. The second-order valence-electron chi connectivity index (χ2n) is 7.90. The van der Waals surface area contributed by atoms with Crippen molar-refractivity contribution in [3.63, 3.8) is 0 Å². The molecule has 0 aromatic carbocycles. The Labute approximate surface area is 167 Å². The van der Waals surface area contributed by atoms with E-state index < -0.39 is 5.82 Å². The van der Waals surface area contributed by atoms with Gasteiger partial charge in [0.2, 0.25) is 5.95 Å². The molecule has 0 amide bonds. The predicted octanol–water partition coefficient (Wildman–Crippen LogP) is 4.14. The van der Waals surface area contributed by atoms with E-state index in [4.69, 9.17) is 0 Å². The Bertz CT molecular complexity index is 1150. The molecule has 0 saturated carbocycles. The fourth-order valence-corrected chi connectivity index (χ4v) is 3.97. The third-order valence-electron chi connectivity index (χ3n) is 5.54. The number of nitrogens with zero attached hydrogens (tertiary/aromatic N) is 6. The van der Waals surface area contributed by atoms with E-state index in [-0.39, 0.29) is 12.0 Å². The number of fused-ring (bicyclic) bond motifs is 1. The quantitative estimate of drug-likeness (QED) is 0.723. The molecule has 7 nitrogen and oxygen atoms in total. The number of rotatable bonds is 4. The third kappa shape index (κ3) is 3.28. The molecule has 0 unspecified atom stereocenters. The molecule has 0 bridgehead atoms. The summed E-state index contributed by atoms with van der Waals surface area (Å²) in [6.07, 6.45) is 10.5. The monoisotopic (exact) mass is 391 g/mol. The number of allylic oxidation sites excluding steroid dienone is 1. The molecular formula is C21H22FN7. The van der Waals surface area contributed by atoms with Crippen molar-refractivity contribution in [2.75, 3.05) is 5.32 Å². The minimum atomic E-state index is -0.413. The van der Waals surface area contributed by atoms with E-state index in [2.05, 4.69) is 44.2 Å². The molecule has 3 aromatic heterocycles. The Morgan fingerprint density at radius 3 is 2.93 bits per heavy atom. The van der Waals surface area contributed by atoms with Crippen LogP contribution in [0.5, 0.6) is 0 Å². The first-order chi connectivity index (χ1) is 14.1. The maximum atomic E-state index is 13.7. The lowest BCUT2D eigenvalue weighted by Gasteiger charge is -2.24. The Hall–Kier alpha value is -3.16. The van der Waals surface area contributed by atoms with E-state index in [1.165, 1.54) is 23.5 Å². The number of pyridine rings is 1. The van der Waals surface area contributed by atoms with Gasteiger partial charge in [-0.05, 0) is 30.4 Å². The predicted molar refractivity (Wildman–Crippen MR) is 109 cm³/mol. The van der Waals surface area contributed by atoms with Crippen LogP contribution in [0.25, 0.3) is 17.0 Å². The van der Waals surface area contributed by atoms with Crippen LogP contribution in [0.2, 0.25) is 0 Å². The van der Waals surface area contributed by atoms with Gasteiger partial charge in [-0.1, -0.05) is 13.8 Å². The molecule has 29 heavy (non-hydrogen) atoms. The fraction of sp³-hybridized carbons (Fsp3) is 0.381. The zero-order valence-electron chi connectivity index (χ0n) is 16.4. The first kappa shape index (κ1) is 17.9. The highest BCUT2D eigenvalue weighted by atomic mass is 19.1. The van der Waals surface area contributed by atoms with Gasteiger partial charge in [0.15, 0.2) is 11.5 Å². The molecule has 1 aliphatic carbocycles. The second-order valence-corrected chi connectivity index (χ2v) is 7.90. The smallest absolute Gasteiger partial charge is 0.228 e. The third-order valence-corrected chi connectivity index (χ3v) is 5.54. The lowest BCUT2D eigenvalue weighted by atomic mass is 9.92. The summed E-state index contributed by atoms with van der Waals surface area (Å²) in [4.78, 5) is 17.8. The summed E-state index contributed by atoms with van der Waals surface area (Å²) < 4.78 is 15.5. The maximum absolute atomic E-state index is 13.7. The van der Waals surface area contributed by atoms with Crippen LogP contribution in [-0.4, -0.2) is 36.8 Å². The van der Waals surface area contributed by atoms with Gasteiger partial charge in [0.1, 0.15) is 5.82 Å². The number of anilines is 1. The van der Waals surface area contributed by atoms with Crippen molar-refractivity contribution in [3.05, 3.63) is 47.3 Å². The summed E-state index contributed by atoms with van der Waals surface area (Å²) in [5.41, 5.74) is 4.93. The number of aromatic nitrogens is 5. The normalized spacial score (nSPS) is 18.7. The summed E-state index contributed by atoms with van der Waals surface area (Å²) in [5, 5.41) is 8.06. The van der Waals surface area contributed by atoms with Gasteiger partial charge in [0.25, 0.3) is 0 Å². The minimum Gasteiger partial charge on any atom is -0.351 e. The van der Waals surface area contributed by atoms with Crippen molar-refractivity contribution >= 4 is 17.8 Å². The van der Waals surface area contributed by atoms with Crippen LogP contribution in [0.1, 0.15) is 51.0 Å². The van der Waals surface area contributed by atoms with E-state index >= 15 is 0 Å². The molecule has 1 aliphatic heterocycles. The van der Waals surface area contributed by atoms with Gasteiger partial charge in [-0.2, -0.15) is 14.6 Å². The SMILES string of the molecule is CC(C)c1cnn2c(N[C@@H]3CCC4=C(C3)N=CC4)nc(-c3cncc(F)c3)nc12. The minimum absolute atomic E-state index is 0.215.